The van der Waals surface area contributed by atoms with Crippen LogP contribution in [0.5, 0.6) is 0 Å². The van der Waals surface area contributed by atoms with Gasteiger partial charge < -0.3 is 0 Å². The van der Waals surface area contributed by atoms with Crippen molar-refractivity contribution in [1.29, 1.82) is 0 Å². The van der Waals surface area contributed by atoms with Crippen LogP contribution in [0.15, 0.2) is 72.9 Å². The van der Waals surface area contributed by atoms with Gasteiger partial charge in [0.1, 0.15) is 0 Å². The molecule has 0 amide bonds. The number of hydrogen-bond acceptors (Lipinski definition) is 1. The fourth-order valence-corrected chi connectivity index (χ4v) is 2.91. The molecule has 0 saturated carbocycles. The van der Waals surface area contributed by atoms with Gasteiger partial charge in [-0.1, -0.05) is 79.8 Å². The maximum atomic E-state index is 3.63. The molecule has 0 radical (unpaired) electrons. The Kier molecular flexibility index (Phi) is 7.62. The van der Waals surface area contributed by atoms with Crippen molar-refractivity contribution in [2.75, 3.05) is 13.6 Å². The molecule has 1 aliphatic carbocycles. The molecule has 0 aromatic heterocycles. The van der Waals surface area contributed by atoms with Gasteiger partial charge in [-0.2, -0.15) is 0 Å². The van der Waals surface area contributed by atoms with Crippen molar-refractivity contribution in [3.8, 4) is 0 Å². The van der Waals surface area contributed by atoms with Crippen LogP contribution in [0.4, 0.5) is 0 Å². The summed E-state index contributed by atoms with van der Waals surface area (Å²) in [5, 5.41) is 0. The van der Waals surface area contributed by atoms with Gasteiger partial charge in [-0.25, -0.2) is 0 Å². The molecule has 2 aliphatic rings. The van der Waals surface area contributed by atoms with E-state index in [0.717, 1.165) is 0 Å². The van der Waals surface area contributed by atoms with Crippen LogP contribution >= 0.6 is 0 Å². The number of piperidine rings is 1. The highest BCUT2D eigenvalue weighted by Crippen LogP contribution is 2.18. The second-order valence-corrected chi connectivity index (χ2v) is 6.20. The average molecular weight is 307 g/mol. The molecular weight excluding hydrogens is 278 g/mol. The Morgan fingerprint density at radius 3 is 2.57 bits per heavy atom. The second-order valence-electron chi connectivity index (χ2n) is 6.20. The number of allylic oxidation sites excluding steroid dienone is 5. The third kappa shape index (κ3) is 6.42. The molecule has 0 spiro atoms. The molecule has 1 aromatic carbocycles. The van der Waals surface area contributed by atoms with Gasteiger partial charge in [-0.3, -0.25) is 4.90 Å². The summed E-state index contributed by atoms with van der Waals surface area (Å²) in [6, 6.07) is 10.7. The summed E-state index contributed by atoms with van der Waals surface area (Å²) < 4.78 is 0. The number of likely N-dealkylation sites (N-methyl/N-ethyl adjacent to an activating group) is 1. The van der Waals surface area contributed by atoms with Gasteiger partial charge in [0.2, 0.25) is 0 Å². The number of likely N-dealkylation sites (tertiary alicyclic amines) is 1. The molecule has 122 valence electrons. The fraction of sp³-hybridized carbons (Fsp3) is 0.364. The van der Waals surface area contributed by atoms with E-state index in [0.29, 0.717) is 6.04 Å². The van der Waals surface area contributed by atoms with E-state index in [1.54, 1.807) is 0 Å². The zero-order valence-electron chi connectivity index (χ0n) is 14.3. The first-order valence-corrected chi connectivity index (χ1v) is 8.72. The predicted octanol–water partition coefficient (Wildman–Crippen LogP) is 5.63. The van der Waals surface area contributed by atoms with E-state index in [2.05, 4.69) is 48.9 Å². The Labute approximate surface area is 141 Å². The molecule has 0 N–H and O–H groups in total. The smallest absolute Gasteiger partial charge is 0.0278 e. The number of nitrogens with zero attached hydrogens (tertiary/aromatic N) is 1. The summed E-state index contributed by atoms with van der Waals surface area (Å²) in [6.45, 7) is 4.88. The summed E-state index contributed by atoms with van der Waals surface area (Å²) in [4.78, 5) is 2.47. The van der Waals surface area contributed by atoms with Gasteiger partial charge in [0.25, 0.3) is 0 Å². The van der Waals surface area contributed by atoms with Crippen LogP contribution in [-0.4, -0.2) is 24.5 Å². The lowest BCUT2D eigenvalue weighted by atomic mass is 10.0. The van der Waals surface area contributed by atoms with Crippen LogP contribution in [0.1, 0.15) is 37.7 Å². The highest BCUT2D eigenvalue weighted by Gasteiger charge is 2.15. The van der Waals surface area contributed by atoms with Gasteiger partial charge in [0.15, 0.2) is 0 Å². The van der Waals surface area contributed by atoms with Crippen molar-refractivity contribution >= 4 is 6.08 Å². The van der Waals surface area contributed by atoms with Crippen LogP contribution in [0.2, 0.25) is 0 Å². The minimum atomic E-state index is 0.662. The molecule has 1 heterocycles. The summed E-state index contributed by atoms with van der Waals surface area (Å²) in [5.74, 6) is 0. The molecule has 1 fully saturated rings. The third-order valence-corrected chi connectivity index (χ3v) is 4.40. The Balaban J connectivity index is 0.000000203. The highest BCUT2D eigenvalue weighted by atomic mass is 15.1. The first-order chi connectivity index (χ1) is 11.3. The molecule has 1 heteroatoms. The minimum absolute atomic E-state index is 0.662. The van der Waals surface area contributed by atoms with Gasteiger partial charge in [0, 0.05) is 6.04 Å². The van der Waals surface area contributed by atoms with Crippen LogP contribution < -0.4 is 0 Å². The van der Waals surface area contributed by atoms with Gasteiger partial charge >= 0.3 is 0 Å². The van der Waals surface area contributed by atoms with E-state index in [-0.39, 0.29) is 0 Å². The van der Waals surface area contributed by atoms with Crippen molar-refractivity contribution in [3.63, 3.8) is 0 Å². The molecule has 1 aromatic rings. The summed E-state index contributed by atoms with van der Waals surface area (Å²) in [7, 11) is 2.24. The Morgan fingerprint density at radius 1 is 1.13 bits per heavy atom. The molecule has 23 heavy (non-hydrogen) atoms. The lowest BCUT2D eigenvalue weighted by molar-refractivity contribution is 0.222. The Bertz CT molecular complexity index is 551. The normalized spacial score (nSPS) is 21.4. The van der Waals surface area contributed by atoms with Gasteiger partial charge in [-0.05, 0) is 50.4 Å². The van der Waals surface area contributed by atoms with E-state index >= 15 is 0 Å². The van der Waals surface area contributed by atoms with Crippen molar-refractivity contribution in [3.05, 3.63) is 78.4 Å². The Morgan fingerprint density at radius 2 is 1.96 bits per heavy atom. The van der Waals surface area contributed by atoms with Crippen molar-refractivity contribution < 1.29 is 0 Å². The zero-order valence-corrected chi connectivity index (χ0v) is 14.3. The van der Waals surface area contributed by atoms with E-state index < -0.39 is 0 Å². The van der Waals surface area contributed by atoms with Crippen LogP contribution in [0.25, 0.3) is 6.08 Å². The molecule has 1 aliphatic heterocycles. The second kappa shape index (κ2) is 10.0. The molecule has 3 rings (SSSR count). The average Bonchev–Trinajstić information content (AvgIpc) is 2.63. The fourth-order valence-electron chi connectivity index (χ4n) is 2.91. The van der Waals surface area contributed by atoms with E-state index in [1.807, 2.05) is 36.4 Å². The largest absolute Gasteiger partial charge is 0.300 e. The summed E-state index contributed by atoms with van der Waals surface area (Å²) >= 11 is 0. The molecular formula is C22H29N. The molecule has 0 bridgehead atoms. The lowest BCUT2D eigenvalue weighted by Crippen LogP contribution is -2.34. The highest BCUT2D eigenvalue weighted by molar-refractivity contribution is 5.45. The Hall–Kier alpha value is -1.86. The van der Waals surface area contributed by atoms with Gasteiger partial charge in [0.05, 0.1) is 0 Å². The summed E-state index contributed by atoms with van der Waals surface area (Å²) in [6.07, 6.45) is 19.8. The number of hydrogen-bond donors (Lipinski definition) is 0. The van der Waals surface area contributed by atoms with E-state index in [9.17, 15) is 0 Å². The molecule has 1 nitrogen and oxygen atoms in total. The SMILES string of the molecule is C=Cc1ccccc1.CN1CCCCC1/C=C/C1=CCCC=C1. The monoisotopic (exact) mass is 307 g/mol. The van der Waals surface area contributed by atoms with Crippen LogP contribution in [-0.2, 0) is 0 Å². The molecule has 1 saturated heterocycles. The van der Waals surface area contributed by atoms with Crippen molar-refractivity contribution in [2.24, 2.45) is 0 Å². The lowest BCUT2D eigenvalue weighted by Gasteiger charge is -2.30. The predicted molar refractivity (Wildman–Crippen MR) is 102 cm³/mol. The van der Waals surface area contributed by atoms with Crippen LogP contribution in [0, 0.1) is 0 Å². The molecule has 1 atom stereocenters. The number of rotatable bonds is 3. The quantitative estimate of drug-likeness (QED) is 0.699. The third-order valence-electron chi connectivity index (χ3n) is 4.40. The van der Waals surface area contributed by atoms with Crippen molar-refractivity contribution in [2.45, 2.75) is 38.1 Å². The van der Waals surface area contributed by atoms with E-state index in [1.165, 1.54) is 49.8 Å². The first-order valence-electron chi connectivity index (χ1n) is 8.72. The summed E-state index contributed by atoms with van der Waals surface area (Å²) in [5.41, 5.74) is 2.56. The van der Waals surface area contributed by atoms with E-state index in [4.69, 9.17) is 0 Å². The maximum absolute atomic E-state index is 3.63. The minimum Gasteiger partial charge on any atom is -0.300 e. The first kappa shape index (κ1) is 17.5. The van der Waals surface area contributed by atoms with Gasteiger partial charge in [-0.15, -0.1) is 0 Å². The number of benzene rings is 1. The molecule has 1 unspecified atom stereocenters. The van der Waals surface area contributed by atoms with Crippen LogP contribution in [0.3, 0.4) is 0 Å². The maximum Gasteiger partial charge on any atom is 0.0278 e. The zero-order chi connectivity index (χ0) is 16.3. The standard InChI is InChI=1S/C14H21N.C8H8/c1-15-12-6-5-9-14(15)11-10-13-7-3-2-4-8-13;1-2-8-6-4-3-5-7-8/h3,7-8,10-11,14H,2,4-6,9,12H2,1H3;2-7H,1H2/b11-10+;. The topological polar surface area (TPSA) is 3.24 Å². The van der Waals surface area contributed by atoms with Crippen molar-refractivity contribution in [1.82, 2.24) is 4.90 Å².